The van der Waals surface area contributed by atoms with Crippen molar-refractivity contribution in [1.82, 2.24) is 10.6 Å². The quantitative estimate of drug-likeness (QED) is 0.285. The Morgan fingerprint density at radius 3 is 2.00 bits per heavy atom. The summed E-state index contributed by atoms with van der Waals surface area (Å²) in [7, 11) is -0.621. The molecule has 2 atom stereocenters. The predicted octanol–water partition coefficient (Wildman–Crippen LogP) is 4.62. The van der Waals surface area contributed by atoms with Gasteiger partial charge in [-0.05, 0) is 16.2 Å². The lowest BCUT2D eigenvalue weighted by atomic mass is 10.0. The van der Waals surface area contributed by atoms with Crippen LogP contribution in [0.15, 0.2) is 60.7 Å². The Morgan fingerprint density at radius 1 is 0.892 bits per heavy atom. The van der Waals surface area contributed by atoms with Crippen molar-refractivity contribution >= 4 is 26.0 Å². The summed E-state index contributed by atoms with van der Waals surface area (Å²) in [4.78, 5) is 38.3. The second-order valence-corrected chi connectivity index (χ2v) is 15.4. The highest BCUT2D eigenvalue weighted by Gasteiger charge is 2.34. The van der Waals surface area contributed by atoms with Gasteiger partial charge in [-0.25, -0.2) is 9.59 Å². The minimum atomic E-state index is -1.89. The first-order chi connectivity index (χ1) is 17.4. The zero-order valence-electron chi connectivity index (χ0n) is 22.6. The maximum Gasteiger partial charge on any atom is 0.408 e. The van der Waals surface area contributed by atoms with Crippen molar-refractivity contribution in [2.45, 2.75) is 70.4 Å². The maximum absolute atomic E-state index is 13.3. The van der Waals surface area contributed by atoms with Gasteiger partial charge >= 0.3 is 12.1 Å². The number of carbonyl (C=O) groups is 3. The topological polar surface area (TPSA) is 93.7 Å². The highest BCUT2D eigenvalue weighted by atomic mass is 28.3. The zero-order chi connectivity index (χ0) is 27.5. The van der Waals surface area contributed by atoms with Crippen molar-refractivity contribution in [2.24, 2.45) is 0 Å². The summed E-state index contributed by atoms with van der Waals surface area (Å²) < 4.78 is 10.2. The van der Waals surface area contributed by atoms with Crippen LogP contribution in [0.25, 0.3) is 0 Å². The Labute approximate surface area is 221 Å². The molecule has 198 valence electrons. The molecule has 0 heterocycles. The van der Waals surface area contributed by atoms with Gasteiger partial charge in [0.1, 0.15) is 26.8 Å². The van der Waals surface area contributed by atoms with E-state index in [1.165, 1.54) is 7.11 Å². The Kier molecular flexibility index (Phi) is 10.9. The Hall–Kier alpha value is -3.57. The van der Waals surface area contributed by atoms with Crippen molar-refractivity contribution in [3.63, 3.8) is 0 Å². The number of hydrogen-bond acceptors (Lipinski definition) is 5. The van der Waals surface area contributed by atoms with Gasteiger partial charge in [-0.3, -0.25) is 4.79 Å². The molecule has 0 unspecified atom stereocenters. The number of hydrogen-bond donors (Lipinski definition) is 2. The van der Waals surface area contributed by atoms with E-state index in [1.807, 2.05) is 60.7 Å². The molecule has 0 saturated carbocycles. The van der Waals surface area contributed by atoms with E-state index in [0.717, 1.165) is 11.1 Å². The van der Waals surface area contributed by atoms with Gasteiger partial charge in [-0.15, -0.1) is 11.5 Å². The summed E-state index contributed by atoms with van der Waals surface area (Å²) in [6.45, 7) is 10.9. The summed E-state index contributed by atoms with van der Waals surface area (Å²) in [6.07, 6.45) is -0.398. The molecule has 0 fully saturated rings. The van der Waals surface area contributed by atoms with Crippen LogP contribution in [-0.4, -0.2) is 45.2 Å². The molecule has 0 aromatic heterocycles. The van der Waals surface area contributed by atoms with Gasteiger partial charge in [0.2, 0.25) is 5.91 Å². The molecule has 8 heteroatoms. The van der Waals surface area contributed by atoms with E-state index in [4.69, 9.17) is 9.47 Å². The minimum Gasteiger partial charge on any atom is -0.467 e. The van der Waals surface area contributed by atoms with Gasteiger partial charge in [-0.2, -0.15) is 0 Å². The van der Waals surface area contributed by atoms with Crippen molar-refractivity contribution in [1.29, 1.82) is 0 Å². The van der Waals surface area contributed by atoms with E-state index in [1.54, 1.807) is 0 Å². The van der Waals surface area contributed by atoms with Crippen LogP contribution in [0.5, 0.6) is 0 Å². The molecule has 0 aliphatic rings. The monoisotopic (exact) mass is 522 g/mol. The number of alkyl carbamates (subject to hydrolysis) is 1. The fourth-order valence-corrected chi connectivity index (χ4v) is 4.05. The molecule has 0 aliphatic heterocycles. The van der Waals surface area contributed by atoms with Crippen LogP contribution >= 0.6 is 0 Å². The summed E-state index contributed by atoms with van der Waals surface area (Å²) in [5.74, 6) is 1.99. The maximum atomic E-state index is 13.3. The van der Waals surface area contributed by atoms with Gasteiger partial charge in [0.05, 0.1) is 7.11 Å². The Morgan fingerprint density at radius 2 is 1.46 bits per heavy atom. The van der Waals surface area contributed by atoms with E-state index in [2.05, 4.69) is 56.0 Å². The normalized spacial score (nSPS) is 12.8. The molecular formula is C29H38N2O5Si. The SMILES string of the molecule is COC(=O)[C@@H](CC#C[Si](C)(C)C(C)(C)C)NC(=O)[C@H](Cc1ccccc1)NC(=O)OCc1ccccc1. The summed E-state index contributed by atoms with van der Waals surface area (Å²) in [5, 5.41) is 5.43. The lowest BCUT2D eigenvalue weighted by Gasteiger charge is -2.31. The molecule has 7 nitrogen and oxygen atoms in total. The number of ether oxygens (including phenoxy) is 2. The van der Waals surface area contributed by atoms with E-state index >= 15 is 0 Å². The van der Waals surface area contributed by atoms with Gasteiger partial charge in [0, 0.05) is 12.8 Å². The number of esters is 1. The van der Waals surface area contributed by atoms with Gasteiger partial charge in [0.25, 0.3) is 0 Å². The molecule has 2 rings (SSSR count). The third kappa shape index (κ3) is 9.77. The van der Waals surface area contributed by atoms with Gasteiger partial charge in [-0.1, -0.05) is 94.5 Å². The van der Waals surface area contributed by atoms with Crippen molar-refractivity contribution in [3.8, 4) is 11.5 Å². The molecule has 2 aromatic carbocycles. The van der Waals surface area contributed by atoms with E-state index in [-0.39, 0.29) is 24.5 Å². The average molecular weight is 523 g/mol. The molecule has 0 aliphatic carbocycles. The highest BCUT2D eigenvalue weighted by molar-refractivity contribution is 6.87. The van der Waals surface area contributed by atoms with E-state index in [9.17, 15) is 14.4 Å². The molecule has 2 N–H and O–H groups in total. The molecular weight excluding hydrogens is 484 g/mol. The third-order valence-corrected chi connectivity index (χ3v) is 11.0. The standard InChI is InChI=1S/C29H38N2O5Si/c1-29(2,3)37(5,6)19-13-18-24(27(33)35-4)30-26(32)25(20-22-14-9-7-10-15-22)31-28(34)36-21-23-16-11-8-12-17-23/h7-12,14-17,24-25H,18,20-21H2,1-6H3,(H,30,32)(H,31,34)/t24-,25+/m1/s1. The second-order valence-electron chi connectivity index (χ2n) is 10.4. The van der Waals surface area contributed by atoms with E-state index < -0.39 is 38.1 Å². The van der Waals surface area contributed by atoms with Gasteiger partial charge < -0.3 is 20.1 Å². The first-order valence-corrected chi connectivity index (χ1v) is 15.3. The van der Waals surface area contributed by atoms with Crippen molar-refractivity contribution in [3.05, 3.63) is 71.8 Å². The van der Waals surface area contributed by atoms with Crippen molar-refractivity contribution in [2.75, 3.05) is 7.11 Å². The van der Waals surface area contributed by atoms with Crippen LogP contribution in [0.3, 0.4) is 0 Å². The fourth-order valence-electron chi connectivity index (χ4n) is 3.14. The van der Waals surface area contributed by atoms with Crippen LogP contribution in [0.2, 0.25) is 18.1 Å². The highest BCUT2D eigenvalue weighted by Crippen LogP contribution is 2.35. The number of amides is 2. The Bertz CT molecular complexity index is 1100. The first-order valence-electron chi connectivity index (χ1n) is 12.3. The van der Waals surface area contributed by atoms with Crippen molar-refractivity contribution < 1.29 is 23.9 Å². The largest absolute Gasteiger partial charge is 0.467 e. The molecule has 0 radical (unpaired) electrons. The molecule has 0 spiro atoms. The predicted molar refractivity (Wildman–Crippen MR) is 147 cm³/mol. The lowest BCUT2D eigenvalue weighted by Crippen LogP contribution is -2.52. The molecule has 2 aromatic rings. The average Bonchev–Trinajstić information content (AvgIpc) is 2.86. The zero-order valence-corrected chi connectivity index (χ0v) is 23.6. The molecule has 0 bridgehead atoms. The summed E-state index contributed by atoms with van der Waals surface area (Å²) in [6, 6.07) is 16.6. The minimum absolute atomic E-state index is 0.0643. The summed E-state index contributed by atoms with van der Waals surface area (Å²) >= 11 is 0. The molecule has 37 heavy (non-hydrogen) atoms. The number of benzene rings is 2. The molecule has 2 amide bonds. The van der Waals surface area contributed by atoms with E-state index in [0.29, 0.717) is 0 Å². The first kappa shape index (κ1) is 29.7. The third-order valence-electron chi connectivity index (χ3n) is 6.49. The van der Waals surface area contributed by atoms with Crippen LogP contribution in [-0.2, 0) is 32.1 Å². The van der Waals surface area contributed by atoms with Crippen LogP contribution < -0.4 is 10.6 Å². The number of rotatable bonds is 9. The van der Waals surface area contributed by atoms with Crippen LogP contribution in [0, 0.1) is 11.5 Å². The fraction of sp³-hybridized carbons (Fsp3) is 0.414. The van der Waals surface area contributed by atoms with Crippen LogP contribution in [0.1, 0.15) is 38.3 Å². The number of methoxy groups -OCH3 is 1. The number of carbonyl (C=O) groups excluding carboxylic acids is 3. The van der Waals surface area contributed by atoms with Crippen LogP contribution in [0.4, 0.5) is 4.79 Å². The lowest BCUT2D eigenvalue weighted by molar-refractivity contribution is -0.145. The summed E-state index contributed by atoms with van der Waals surface area (Å²) in [5.41, 5.74) is 5.03. The van der Waals surface area contributed by atoms with Gasteiger partial charge in [0.15, 0.2) is 0 Å². The number of nitrogens with one attached hydrogen (secondary N) is 2. The second kappa shape index (κ2) is 13.7. The Balaban J connectivity index is 2.15. The molecule has 0 saturated heterocycles. The smallest absolute Gasteiger partial charge is 0.408 e.